The first-order chi connectivity index (χ1) is 3.00. The Morgan fingerprint density at radius 3 is 1.86 bits per heavy atom. The van der Waals surface area contributed by atoms with Crippen molar-refractivity contribution in [1.82, 2.24) is 0 Å². The maximum Gasteiger partial charge on any atom is 0.0864 e. The molecule has 0 bridgehead atoms. The molecule has 1 aliphatic rings. The first-order valence-electron chi connectivity index (χ1n) is 1.95. The first-order valence-corrected chi connectivity index (χ1v) is 1.95. The van der Waals surface area contributed by atoms with Crippen LogP contribution in [0.5, 0.6) is 0 Å². The fraction of sp³-hybridized carbons (Fsp3) is 0.200. The van der Waals surface area contributed by atoms with Crippen LogP contribution in [-0.2, 0) is 4.74 Å². The number of hydrogen-bond donors (Lipinski definition) is 0. The second-order valence-corrected chi connectivity index (χ2v) is 1.12. The maximum atomic E-state index is 4.71. The highest BCUT2D eigenvalue weighted by Gasteiger charge is 1.75. The molecule has 0 spiro atoms. The molecule has 2 N–H and O–H groups in total. The highest BCUT2D eigenvalue weighted by atomic mass is 16.5. The molecule has 0 atom stereocenters. The summed E-state index contributed by atoms with van der Waals surface area (Å²) in [5.74, 6) is 0. The minimum Gasteiger partial charge on any atom is -0.473 e. The van der Waals surface area contributed by atoms with Gasteiger partial charge in [0.05, 0.1) is 12.5 Å². The normalized spacial score (nSPS) is 14.9. The summed E-state index contributed by atoms with van der Waals surface area (Å²) in [7, 11) is 0. The van der Waals surface area contributed by atoms with E-state index in [0.717, 1.165) is 6.42 Å². The summed E-state index contributed by atoms with van der Waals surface area (Å²) >= 11 is 0. The summed E-state index contributed by atoms with van der Waals surface area (Å²) in [4.78, 5) is 0. The quantitative estimate of drug-likeness (QED) is 0.439. The van der Waals surface area contributed by atoms with Crippen LogP contribution in [0.2, 0.25) is 0 Å². The zero-order valence-electron chi connectivity index (χ0n) is 3.92. The van der Waals surface area contributed by atoms with E-state index in [1.54, 1.807) is 12.5 Å². The molecule has 0 aromatic rings. The van der Waals surface area contributed by atoms with Gasteiger partial charge in [-0.2, -0.15) is 0 Å². The Kier molecular flexibility index (Phi) is 3.06. The molecule has 7 heavy (non-hydrogen) atoms. The number of rotatable bonds is 0. The molecule has 0 fully saturated rings. The van der Waals surface area contributed by atoms with Crippen LogP contribution in [0, 0.1) is 0 Å². The Labute approximate surface area is 42.4 Å². The molecule has 0 radical (unpaired) electrons. The third-order valence-corrected chi connectivity index (χ3v) is 0.622. The van der Waals surface area contributed by atoms with Crippen molar-refractivity contribution in [3.8, 4) is 0 Å². The highest BCUT2D eigenvalue weighted by molar-refractivity contribution is 4.92. The number of allylic oxidation sites excluding steroid dienone is 2. The zero-order chi connectivity index (χ0) is 4.24. The van der Waals surface area contributed by atoms with Gasteiger partial charge in [-0.05, 0) is 18.6 Å². The van der Waals surface area contributed by atoms with Crippen LogP contribution in [-0.4, -0.2) is 5.48 Å². The van der Waals surface area contributed by atoms with Crippen LogP contribution < -0.4 is 0 Å². The van der Waals surface area contributed by atoms with E-state index in [1.165, 1.54) is 0 Å². The fourth-order valence-electron chi connectivity index (χ4n) is 0.346. The van der Waals surface area contributed by atoms with Gasteiger partial charge < -0.3 is 10.2 Å². The second kappa shape index (κ2) is 3.43. The summed E-state index contributed by atoms with van der Waals surface area (Å²) in [6.45, 7) is 0. The van der Waals surface area contributed by atoms with Gasteiger partial charge in [-0.15, -0.1) is 0 Å². The lowest BCUT2D eigenvalue weighted by Gasteiger charge is -1.91. The molecule has 40 valence electrons. The molecule has 1 heterocycles. The van der Waals surface area contributed by atoms with Crippen LogP contribution >= 0.6 is 0 Å². The van der Waals surface area contributed by atoms with Crippen LogP contribution in [0.1, 0.15) is 6.42 Å². The number of hydrogen-bond acceptors (Lipinski definition) is 1. The Bertz CT molecular complexity index is 64.1. The van der Waals surface area contributed by atoms with Gasteiger partial charge in [-0.25, -0.2) is 0 Å². The van der Waals surface area contributed by atoms with Crippen molar-refractivity contribution in [3.63, 3.8) is 0 Å². The molecule has 1 rings (SSSR count). The lowest BCUT2D eigenvalue weighted by Crippen LogP contribution is -1.71. The molecule has 0 aliphatic carbocycles. The van der Waals surface area contributed by atoms with Gasteiger partial charge in [-0.3, -0.25) is 0 Å². The molecular formula is C5H8O2. The maximum absolute atomic E-state index is 4.71. The predicted octanol–water partition coefficient (Wildman–Crippen LogP) is 0.609. The standard InChI is InChI=1S/C5H6O.H2O/c1-2-4-6-5-3-1;/h2-5H,1H2;1H2. The minimum absolute atomic E-state index is 0. The van der Waals surface area contributed by atoms with E-state index < -0.39 is 0 Å². The molecule has 0 aromatic carbocycles. The lowest BCUT2D eigenvalue weighted by atomic mass is 10.4. The number of ether oxygens (including phenoxy) is 1. The van der Waals surface area contributed by atoms with Crippen LogP contribution in [0.15, 0.2) is 24.7 Å². The van der Waals surface area contributed by atoms with Crippen molar-refractivity contribution in [1.29, 1.82) is 0 Å². The van der Waals surface area contributed by atoms with E-state index in [-0.39, 0.29) is 5.48 Å². The van der Waals surface area contributed by atoms with E-state index in [4.69, 9.17) is 4.74 Å². The van der Waals surface area contributed by atoms with Crippen molar-refractivity contribution in [2.45, 2.75) is 6.42 Å². The summed E-state index contributed by atoms with van der Waals surface area (Å²) in [6, 6.07) is 0. The topological polar surface area (TPSA) is 40.7 Å². The van der Waals surface area contributed by atoms with Crippen LogP contribution in [0.3, 0.4) is 0 Å². The Hall–Kier alpha value is -0.760. The lowest BCUT2D eigenvalue weighted by molar-refractivity contribution is 0.393. The van der Waals surface area contributed by atoms with E-state index in [2.05, 4.69) is 0 Å². The summed E-state index contributed by atoms with van der Waals surface area (Å²) in [5.41, 5.74) is 0. The highest BCUT2D eigenvalue weighted by Crippen LogP contribution is 1.93. The average molecular weight is 100 g/mol. The van der Waals surface area contributed by atoms with Crippen molar-refractivity contribution in [3.05, 3.63) is 24.7 Å². The third-order valence-electron chi connectivity index (χ3n) is 0.622. The van der Waals surface area contributed by atoms with E-state index in [0.29, 0.717) is 0 Å². The summed E-state index contributed by atoms with van der Waals surface area (Å²) in [6.07, 6.45) is 8.29. The minimum atomic E-state index is 0. The summed E-state index contributed by atoms with van der Waals surface area (Å²) < 4.78 is 4.71. The van der Waals surface area contributed by atoms with Gasteiger partial charge in [-0.1, -0.05) is 0 Å². The van der Waals surface area contributed by atoms with Gasteiger partial charge in [0.25, 0.3) is 0 Å². The molecule has 0 saturated carbocycles. The van der Waals surface area contributed by atoms with Crippen molar-refractivity contribution in [2.75, 3.05) is 0 Å². The molecule has 2 nitrogen and oxygen atoms in total. The van der Waals surface area contributed by atoms with Crippen molar-refractivity contribution >= 4 is 0 Å². The molecular weight excluding hydrogens is 92.1 g/mol. The monoisotopic (exact) mass is 100 g/mol. The largest absolute Gasteiger partial charge is 0.473 e. The van der Waals surface area contributed by atoms with E-state index >= 15 is 0 Å². The summed E-state index contributed by atoms with van der Waals surface area (Å²) in [5, 5.41) is 0. The third kappa shape index (κ3) is 2.00. The first kappa shape index (κ1) is 6.24. The van der Waals surface area contributed by atoms with Gasteiger partial charge in [0.1, 0.15) is 0 Å². The molecule has 0 aromatic heterocycles. The Morgan fingerprint density at radius 1 is 1.14 bits per heavy atom. The fourth-order valence-corrected chi connectivity index (χ4v) is 0.346. The van der Waals surface area contributed by atoms with Gasteiger partial charge in [0.15, 0.2) is 0 Å². The van der Waals surface area contributed by atoms with E-state index in [1.807, 2.05) is 12.2 Å². The van der Waals surface area contributed by atoms with Crippen LogP contribution in [0.4, 0.5) is 0 Å². The van der Waals surface area contributed by atoms with Crippen LogP contribution in [0.25, 0.3) is 0 Å². The Morgan fingerprint density at radius 2 is 1.71 bits per heavy atom. The predicted molar refractivity (Wildman–Crippen MR) is 27.6 cm³/mol. The average Bonchev–Trinajstić information content (AvgIpc) is 1.72. The molecule has 0 unspecified atom stereocenters. The SMILES string of the molecule is C1=COC=CC1.O. The Balaban J connectivity index is 0.000000360. The second-order valence-electron chi connectivity index (χ2n) is 1.12. The van der Waals surface area contributed by atoms with Crippen molar-refractivity contribution in [2.24, 2.45) is 0 Å². The van der Waals surface area contributed by atoms with Crippen molar-refractivity contribution < 1.29 is 10.2 Å². The molecule has 0 amide bonds. The molecule has 2 heteroatoms. The zero-order valence-corrected chi connectivity index (χ0v) is 3.92. The van der Waals surface area contributed by atoms with Gasteiger partial charge in [0.2, 0.25) is 0 Å². The molecule has 1 aliphatic heterocycles. The van der Waals surface area contributed by atoms with Gasteiger partial charge in [0, 0.05) is 0 Å². The molecule has 0 saturated heterocycles. The van der Waals surface area contributed by atoms with Gasteiger partial charge >= 0.3 is 0 Å². The van der Waals surface area contributed by atoms with E-state index in [9.17, 15) is 0 Å². The smallest absolute Gasteiger partial charge is 0.0864 e.